The van der Waals surface area contributed by atoms with Crippen LogP contribution in [0.5, 0.6) is 0 Å². The molecular formula is C16H33N3. The van der Waals surface area contributed by atoms with Gasteiger partial charge in [-0.3, -0.25) is 4.90 Å². The van der Waals surface area contributed by atoms with Gasteiger partial charge in [0, 0.05) is 38.3 Å². The van der Waals surface area contributed by atoms with Crippen molar-refractivity contribution in [3.05, 3.63) is 0 Å². The molecule has 0 spiro atoms. The topological polar surface area (TPSA) is 18.5 Å². The molecule has 2 heterocycles. The smallest absolute Gasteiger partial charge is 0.0183 e. The minimum absolute atomic E-state index is 0.381. The van der Waals surface area contributed by atoms with Crippen LogP contribution in [0.2, 0.25) is 0 Å². The van der Waals surface area contributed by atoms with Crippen LogP contribution in [-0.4, -0.2) is 61.2 Å². The molecule has 0 saturated carbocycles. The fraction of sp³-hybridized carbons (Fsp3) is 1.00. The van der Waals surface area contributed by atoms with Crippen LogP contribution < -0.4 is 5.32 Å². The molecule has 0 radical (unpaired) electrons. The van der Waals surface area contributed by atoms with Crippen molar-refractivity contribution >= 4 is 0 Å². The summed E-state index contributed by atoms with van der Waals surface area (Å²) in [6.45, 7) is 18.3. The van der Waals surface area contributed by atoms with E-state index >= 15 is 0 Å². The molecule has 0 aromatic heterocycles. The van der Waals surface area contributed by atoms with E-state index in [1.54, 1.807) is 0 Å². The summed E-state index contributed by atoms with van der Waals surface area (Å²) < 4.78 is 0. The second-order valence-electron chi connectivity index (χ2n) is 7.36. The largest absolute Gasteiger partial charge is 0.317 e. The van der Waals surface area contributed by atoms with Crippen LogP contribution in [0.4, 0.5) is 0 Å². The molecule has 2 saturated heterocycles. The van der Waals surface area contributed by atoms with E-state index in [9.17, 15) is 0 Å². The third kappa shape index (κ3) is 3.93. The third-order valence-corrected chi connectivity index (χ3v) is 5.15. The van der Waals surface area contributed by atoms with Crippen molar-refractivity contribution in [1.29, 1.82) is 0 Å². The van der Waals surface area contributed by atoms with Gasteiger partial charge in [0.05, 0.1) is 0 Å². The van der Waals surface area contributed by atoms with Gasteiger partial charge in [0.2, 0.25) is 0 Å². The van der Waals surface area contributed by atoms with E-state index in [0.29, 0.717) is 5.54 Å². The molecule has 0 aromatic rings. The van der Waals surface area contributed by atoms with Gasteiger partial charge in [-0.05, 0) is 51.6 Å². The highest BCUT2D eigenvalue weighted by molar-refractivity contribution is 4.93. The van der Waals surface area contributed by atoms with E-state index in [0.717, 1.165) is 11.8 Å². The molecule has 2 fully saturated rings. The molecule has 0 aromatic carbocycles. The molecule has 19 heavy (non-hydrogen) atoms. The molecule has 0 amide bonds. The Morgan fingerprint density at radius 1 is 1.05 bits per heavy atom. The number of piperazine rings is 1. The summed E-state index contributed by atoms with van der Waals surface area (Å²) in [6, 6.07) is 0. The van der Waals surface area contributed by atoms with Gasteiger partial charge in [0.1, 0.15) is 0 Å². The molecule has 3 nitrogen and oxygen atoms in total. The summed E-state index contributed by atoms with van der Waals surface area (Å²) in [5.41, 5.74) is 0.381. The first kappa shape index (κ1) is 15.3. The highest BCUT2D eigenvalue weighted by Crippen LogP contribution is 2.31. The van der Waals surface area contributed by atoms with Crippen LogP contribution in [0.25, 0.3) is 0 Å². The van der Waals surface area contributed by atoms with Crippen LogP contribution in [-0.2, 0) is 0 Å². The van der Waals surface area contributed by atoms with E-state index in [-0.39, 0.29) is 0 Å². The van der Waals surface area contributed by atoms with Gasteiger partial charge in [-0.15, -0.1) is 0 Å². The first-order chi connectivity index (χ1) is 9.00. The maximum Gasteiger partial charge on any atom is 0.0183 e. The van der Waals surface area contributed by atoms with E-state index in [1.165, 1.54) is 58.7 Å². The van der Waals surface area contributed by atoms with Crippen molar-refractivity contribution in [2.24, 2.45) is 11.8 Å². The van der Waals surface area contributed by atoms with Gasteiger partial charge in [0.25, 0.3) is 0 Å². The lowest BCUT2D eigenvalue weighted by Gasteiger charge is -2.49. The number of rotatable bonds is 4. The summed E-state index contributed by atoms with van der Waals surface area (Å²) in [4.78, 5) is 5.39. The lowest BCUT2D eigenvalue weighted by molar-refractivity contribution is 0.00461. The van der Waals surface area contributed by atoms with Crippen molar-refractivity contribution in [2.75, 3.05) is 45.8 Å². The molecule has 0 bridgehead atoms. The molecule has 0 aliphatic carbocycles. The molecule has 2 rings (SSSR count). The van der Waals surface area contributed by atoms with Gasteiger partial charge in [0.15, 0.2) is 0 Å². The minimum atomic E-state index is 0.381. The highest BCUT2D eigenvalue weighted by Gasteiger charge is 2.37. The van der Waals surface area contributed by atoms with Crippen molar-refractivity contribution in [3.63, 3.8) is 0 Å². The Morgan fingerprint density at radius 2 is 1.63 bits per heavy atom. The average Bonchev–Trinajstić information content (AvgIpc) is 2.40. The van der Waals surface area contributed by atoms with Gasteiger partial charge in [-0.1, -0.05) is 13.8 Å². The zero-order chi connectivity index (χ0) is 13.9. The van der Waals surface area contributed by atoms with E-state index in [4.69, 9.17) is 0 Å². The highest BCUT2D eigenvalue weighted by atomic mass is 15.3. The Labute approximate surface area is 119 Å². The molecule has 2 aliphatic rings. The monoisotopic (exact) mass is 267 g/mol. The quantitative estimate of drug-likeness (QED) is 0.841. The van der Waals surface area contributed by atoms with Gasteiger partial charge in [-0.25, -0.2) is 0 Å². The number of nitrogens with one attached hydrogen (secondary N) is 1. The summed E-state index contributed by atoms with van der Waals surface area (Å²) in [5, 5.41) is 3.49. The van der Waals surface area contributed by atoms with Gasteiger partial charge < -0.3 is 10.2 Å². The first-order valence-corrected chi connectivity index (χ1v) is 8.18. The van der Waals surface area contributed by atoms with Crippen molar-refractivity contribution in [2.45, 2.75) is 46.1 Å². The molecule has 112 valence electrons. The number of piperidine rings is 1. The predicted octanol–water partition coefficient (Wildman–Crippen LogP) is 2.04. The second kappa shape index (κ2) is 6.55. The maximum absolute atomic E-state index is 3.49. The summed E-state index contributed by atoms with van der Waals surface area (Å²) >= 11 is 0. The normalized spacial score (nSPS) is 25.1. The van der Waals surface area contributed by atoms with Crippen LogP contribution in [0.3, 0.4) is 0 Å². The number of nitrogens with zero attached hydrogens (tertiary/aromatic N) is 2. The summed E-state index contributed by atoms with van der Waals surface area (Å²) in [7, 11) is 0. The summed E-state index contributed by atoms with van der Waals surface area (Å²) in [6.07, 6.45) is 2.69. The van der Waals surface area contributed by atoms with Crippen LogP contribution in [0.15, 0.2) is 0 Å². The fourth-order valence-electron chi connectivity index (χ4n) is 3.81. The van der Waals surface area contributed by atoms with Crippen LogP contribution in [0, 0.1) is 11.8 Å². The Bertz CT molecular complexity index is 261. The number of hydrogen-bond acceptors (Lipinski definition) is 3. The van der Waals surface area contributed by atoms with Crippen LogP contribution >= 0.6 is 0 Å². The Morgan fingerprint density at radius 3 is 2.16 bits per heavy atom. The van der Waals surface area contributed by atoms with Gasteiger partial charge in [-0.2, -0.15) is 0 Å². The summed E-state index contributed by atoms with van der Waals surface area (Å²) in [5.74, 6) is 1.66. The van der Waals surface area contributed by atoms with E-state index in [2.05, 4.69) is 42.8 Å². The standard InChI is InChI=1S/C16H33N3/c1-14(2)13-18-9-11-19(12-10-18)16(3,4)15-5-7-17-8-6-15/h14-15,17H,5-13H2,1-4H3. The second-order valence-corrected chi connectivity index (χ2v) is 7.36. The van der Waals surface area contributed by atoms with Crippen molar-refractivity contribution in [1.82, 2.24) is 15.1 Å². The van der Waals surface area contributed by atoms with Crippen molar-refractivity contribution < 1.29 is 0 Å². The molecule has 0 atom stereocenters. The minimum Gasteiger partial charge on any atom is -0.317 e. The SMILES string of the molecule is CC(C)CN1CCN(C(C)(C)C2CCNCC2)CC1. The Hall–Kier alpha value is -0.120. The lowest BCUT2D eigenvalue weighted by Crippen LogP contribution is -2.58. The Kier molecular flexibility index (Phi) is 5.27. The van der Waals surface area contributed by atoms with Gasteiger partial charge >= 0.3 is 0 Å². The fourth-order valence-corrected chi connectivity index (χ4v) is 3.81. The van der Waals surface area contributed by atoms with E-state index < -0.39 is 0 Å². The molecule has 2 aliphatic heterocycles. The predicted molar refractivity (Wildman–Crippen MR) is 82.5 cm³/mol. The van der Waals surface area contributed by atoms with Crippen molar-refractivity contribution in [3.8, 4) is 0 Å². The van der Waals surface area contributed by atoms with Crippen LogP contribution in [0.1, 0.15) is 40.5 Å². The lowest BCUT2D eigenvalue weighted by atomic mass is 9.79. The maximum atomic E-state index is 3.49. The average molecular weight is 267 g/mol. The molecule has 1 N–H and O–H groups in total. The zero-order valence-corrected chi connectivity index (χ0v) is 13.4. The molecular weight excluding hydrogens is 234 g/mol. The number of hydrogen-bond donors (Lipinski definition) is 1. The Balaban J connectivity index is 1.85. The molecule has 3 heteroatoms. The van der Waals surface area contributed by atoms with E-state index in [1.807, 2.05) is 0 Å². The third-order valence-electron chi connectivity index (χ3n) is 5.15. The first-order valence-electron chi connectivity index (χ1n) is 8.18. The zero-order valence-electron chi connectivity index (χ0n) is 13.4. The molecule has 0 unspecified atom stereocenters.